The largest absolute Gasteiger partial charge is 0.393 e. The molecule has 0 aromatic carbocycles. The second kappa shape index (κ2) is 2.29. The van der Waals surface area contributed by atoms with Crippen molar-refractivity contribution >= 4 is 0 Å². The molecule has 3 aliphatic rings. The predicted octanol–water partition coefficient (Wildman–Crippen LogP) is 1.86. The van der Waals surface area contributed by atoms with Gasteiger partial charge in [0.05, 0.1) is 12.2 Å². The van der Waals surface area contributed by atoms with E-state index in [-0.39, 0.29) is 11.7 Å². The first-order valence-electron chi connectivity index (χ1n) is 5.52. The van der Waals surface area contributed by atoms with E-state index in [1.165, 1.54) is 19.3 Å². The monoisotopic (exact) mass is 182 g/mol. The summed E-state index contributed by atoms with van der Waals surface area (Å²) in [6.07, 6.45) is 7.27. The number of rotatable bonds is 0. The van der Waals surface area contributed by atoms with E-state index in [0.29, 0.717) is 11.5 Å². The van der Waals surface area contributed by atoms with Crippen LogP contribution in [0.1, 0.15) is 45.4 Å². The Morgan fingerprint density at radius 1 is 1.31 bits per heavy atom. The van der Waals surface area contributed by atoms with Crippen LogP contribution in [0.2, 0.25) is 0 Å². The van der Waals surface area contributed by atoms with Crippen molar-refractivity contribution in [2.45, 2.75) is 63.3 Å². The van der Waals surface area contributed by atoms with Crippen LogP contribution in [0.5, 0.6) is 0 Å². The zero-order chi connectivity index (χ0) is 9.10. The van der Waals surface area contributed by atoms with Crippen molar-refractivity contribution in [3.05, 3.63) is 0 Å². The molecule has 1 heterocycles. The average molecular weight is 182 g/mol. The molecule has 0 amide bonds. The molecular weight excluding hydrogens is 164 g/mol. The van der Waals surface area contributed by atoms with E-state index in [4.69, 9.17) is 4.74 Å². The van der Waals surface area contributed by atoms with Gasteiger partial charge in [0.1, 0.15) is 5.60 Å². The van der Waals surface area contributed by atoms with Gasteiger partial charge in [0.25, 0.3) is 0 Å². The lowest BCUT2D eigenvalue weighted by molar-refractivity contribution is -0.0135. The van der Waals surface area contributed by atoms with Gasteiger partial charge in [-0.25, -0.2) is 0 Å². The predicted molar refractivity (Wildman–Crippen MR) is 49.4 cm³/mol. The summed E-state index contributed by atoms with van der Waals surface area (Å²) in [5.74, 6) is 0. The molecule has 1 spiro atoms. The summed E-state index contributed by atoms with van der Waals surface area (Å²) in [7, 11) is 0. The Balaban J connectivity index is 1.91. The van der Waals surface area contributed by atoms with Gasteiger partial charge in [-0.1, -0.05) is 13.3 Å². The van der Waals surface area contributed by atoms with Crippen molar-refractivity contribution in [1.29, 1.82) is 0 Å². The highest BCUT2D eigenvalue weighted by molar-refractivity contribution is 5.18. The minimum atomic E-state index is -0.101. The van der Waals surface area contributed by atoms with Crippen LogP contribution in [-0.4, -0.2) is 22.9 Å². The van der Waals surface area contributed by atoms with Crippen LogP contribution in [0, 0.1) is 5.41 Å². The highest BCUT2D eigenvalue weighted by Gasteiger charge is 2.69. The van der Waals surface area contributed by atoms with Gasteiger partial charge in [-0.05, 0) is 31.1 Å². The van der Waals surface area contributed by atoms with E-state index in [2.05, 4.69) is 6.92 Å². The normalized spacial score (nSPS) is 59.5. The van der Waals surface area contributed by atoms with Gasteiger partial charge in [-0.15, -0.1) is 0 Å². The number of aliphatic hydroxyl groups is 1. The Bertz CT molecular complexity index is 240. The van der Waals surface area contributed by atoms with Gasteiger partial charge in [-0.2, -0.15) is 0 Å². The summed E-state index contributed by atoms with van der Waals surface area (Å²) in [4.78, 5) is 0. The third kappa shape index (κ3) is 0.909. The van der Waals surface area contributed by atoms with Crippen LogP contribution < -0.4 is 0 Å². The highest BCUT2D eigenvalue weighted by Crippen LogP contribution is 2.64. The van der Waals surface area contributed by atoms with Gasteiger partial charge in [0.2, 0.25) is 0 Å². The molecule has 2 aliphatic carbocycles. The van der Waals surface area contributed by atoms with Gasteiger partial charge in [0, 0.05) is 6.42 Å². The van der Waals surface area contributed by atoms with Crippen molar-refractivity contribution in [3.63, 3.8) is 0 Å². The van der Waals surface area contributed by atoms with Crippen LogP contribution in [0.4, 0.5) is 0 Å². The van der Waals surface area contributed by atoms with Crippen LogP contribution in [-0.2, 0) is 4.74 Å². The molecule has 3 rings (SSSR count). The Kier molecular flexibility index (Phi) is 1.45. The molecule has 0 radical (unpaired) electrons. The molecular formula is C11H18O2. The zero-order valence-corrected chi connectivity index (χ0v) is 8.25. The maximum Gasteiger partial charge on any atom is 0.103 e. The van der Waals surface area contributed by atoms with E-state index in [9.17, 15) is 5.11 Å². The number of hydrogen-bond acceptors (Lipinski definition) is 2. The van der Waals surface area contributed by atoms with Crippen molar-refractivity contribution in [1.82, 2.24) is 0 Å². The summed E-state index contributed by atoms with van der Waals surface area (Å²) >= 11 is 0. The van der Waals surface area contributed by atoms with E-state index >= 15 is 0 Å². The van der Waals surface area contributed by atoms with Gasteiger partial charge in [-0.3, -0.25) is 0 Å². The molecule has 74 valence electrons. The van der Waals surface area contributed by atoms with Gasteiger partial charge >= 0.3 is 0 Å². The summed E-state index contributed by atoms with van der Waals surface area (Å²) in [5.41, 5.74) is 0.484. The van der Waals surface area contributed by atoms with E-state index in [1.807, 2.05) is 0 Å². The summed E-state index contributed by atoms with van der Waals surface area (Å²) < 4.78 is 5.88. The lowest BCUT2D eigenvalue weighted by Crippen LogP contribution is -2.47. The molecule has 3 fully saturated rings. The highest BCUT2D eigenvalue weighted by atomic mass is 16.6. The lowest BCUT2D eigenvalue weighted by Gasteiger charge is -2.44. The molecule has 0 aromatic rings. The number of hydrogen-bond donors (Lipinski definition) is 1. The Labute approximate surface area is 79.3 Å². The number of ether oxygens (including phenoxy) is 1. The minimum Gasteiger partial charge on any atom is -0.393 e. The van der Waals surface area contributed by atoms with Crippen LogP contribution in [0.15, 0.2) is 0 Å². The molecule has 0 bridgehead atoms. The minimum absolute atomic E-state index is 0.100. The quantitative estimate of drug-likeness (QED) is 0.580. The van der Waals surface area contributed by atoms with E-state index in [1.54, 1.807) is 0 Å². The standard InChI is InChI=1S/C11H18O2/c1-10-5-2-3-9-11(10,13-9)7-8(12)4-6-10/h8-9,12H,2-7H2,1H3/t8-,9-,10-,11-/m1/s1. The summed E-state index contributed by atoms with van der Waals surface area (Å²) in [6, 6.07) is 0. The van der Waals surface area contributed by atoms with Crippen molar-refractivity contribution in [2.75, 3.05) is 0 Å². The maximum absolute atomic E-state index is 9.67. The lowest BCUT2D eigenvalue weighted by atomic mass is 9.59. The molecule has 1 saturated heterocycles. The topological polar surface area (TPSA) is 32.8 Å². The molecule has 2 nitrogen and oxygen atoms in total. The molecule has 0 aromatic heterocycles. The fraction of sp³-hybridized carbons (Fsp3) is 1.00. The smallest absolute Gasteiger partial charge is 0.103 e. The summed E-state index contributed by atoms with van der Waals surface area (Å²) in [6.45, 7) is 2.36. The second-order valence-corrected chi connectivity index (χ2v) is 5.35. The van der Waals surface area contributed by atoms with E-state index < -0.39 is 0 Å². The van der Waals surface area contributed by atoms with Crippen LogP contribution in [0.3, 0.4) is 0 Å². The first-order chi connectivity index (χ1) is 6.16. The maximum atomic E-state index is 9.67. The molecule has 2 saturated carbocycles. The first kappa shape index (κ1) is 8.25. The molecule has 1 N–H and O–H groups in total. The Hall–Kier alpha value is -0.0800. The van der Waals surface area contributed by atoms with Crippen LogP contribution >= 0.6 is 0 Å². The van der Waals surface area contributed by atoms with Crippen LogP contribution in [0.25, 0.3) is 0 Å². The third-order valence-electron chi connectivity index (χ3n) is 4.60. The molecule has 13 heavy (non-hydrogen) atoms. The third-order valence-corrected chi connectivity index (χ3v) is 4.60. The molecule has 1 aliphatic heterocycles. The van der Waals surface area contributed by atoms with Gasteiger partial charge in [0.15, 0.2) is 0 Å². The number of aliphatic hydroxyl groups excluding tert-OH is 1. The van der Waals surface area contributed by atoms with E-state index in [0.717, 1.165) is 19.3 Å². The van der Waals surface area contributed by atoms with Crippen molar-refractivity contribution < 1.29 is 9.84 Å². The summed E-state index contributed by atoms with van der Waals surface area (Å²) in [5, 5.41) is 9.67. The molecule has 0 unspecified atom stereocenters. The Morgan fingerprint density at radius 2 is 2.15 bits per heavy atom. The first-order valence-corrected chi connectivity index (χ1v) is 5.52. The molecule has 4 atom stereocenters. The number of epoxide rings is 1. The Morgan fingerprint density at radius 3 is 3.00 bits per heavy atom. The fourth-order valence-electron chi connectivity index (χ4n) is 3.63. The van der Waals surface area contributed by atoms with Crippen molar-refractivity contribution in [3.8, 4) is 0 Å². The van der Waals surface area contributed by atoms with Crippen molar-refractivity contribution in [2.24, 2.45) is 5.41 Å². The second-order valence-electron chi connectivity index (χ2n) is 5.35. The SMILES string of the molecule is C[C@]12CCC[C@H]3O[C@]31C[C@H](O)CC2. The zero-order valence-electron chi connectivity index (χ0n) is 8.25. The average Bonchev–Trinajstić information content (AvgIpc) is 2.77. The fourth-order valence-corrected chi connectivity index (χ4v) is 3.63. The van der Waals surface area contributed by atoms with Gasteiger partial charge < -0.3 is 9.84 Å². The molecule has 2 heteroatoms.